The Morgan fingerprint density at radius 1 is 1.44 bits per heavy atom. The van der Waals surface area contributed by atoms with Crippen LogP contribution in [0.25, 0.3) is 0 Å². The first kappa shape index (κ1) is 12.8. The third-order valence-electron chi connectivity index (χ3n) is 3.01. The largest absolute Gasteiger partial charge is 0.471 e. The first-order chi connectivity index (χ1) is 8.56. The molecule has 98 valence electrons. The summed E-state index contributed by atoms with van der Waals surface area (Å²) in [6, 6.07) is 3.68. The molecule has 5 nitrogen and oxygen atoms in total. The normalized spacial score (nSPS) is 19.3. The monoisotopic (exact) mass is 249 g/mol. The number of likely N-dealkylation sites (tertiary alicyclic amines) is 1. The van der Waals surface area contributed by atoms with Crippen molar-refractivity contribution in [2.75, 3.05) is 13.1 Å². The molecule has 1 aliphatic rings. The molecular weight excluding hydrogens is 230 g/mol. The van der Waals surface area contributed by atoms with Crippen LogP contribution in [0.4, 0.5) is 0 Å². The minimum atomic E-state index is 0.0321. The summed E-state index contributed by atoms with van der Waals surface area (Å²) in [5.74, 6) is 0.767. The second-order valence-corrected chi connectivity index (χ2v) is 4.98. The number of nitrogens with zero attached hydrogens (tertiary/aromatic N) is 3. The van der Waals surface area contributed by atoms with Crippen LogP contribution in [0.3, 0.4) is 0 Å². The predicted octanol–water partition coefficient (Wildman–Crippen LogP) is 1.42. The van der Waals surface area contributed by atoms with E-state index in [9.17, 15) is 4.79 Å². The van der Waals surface area contributed by atoms with Crippen LogP contribution in [0.15, 0.2) is 12.1 Å². The summed E-state index contributed by atoms with van der Waals surface area (Å²) in [6.45, 7) is 7.13. The number of ether oxygens (including phenoxy) is 1. The first-order valence-corrected chi connectivity index (χ1v) is 6.32. The second-order valence-electron chi connectivity index (χ2n) is 4.98. The Morgan fingerprint density at radius 3 is 2.83 bits per heavy atom. The van der Waals surface area contributed by atoms with Gasteiger partial charge in [0, 0.05) is 24.9 Å². The zero-order valence-corrected chi connectivity index (χ0v) is 11.1. The second kappa shape index (κ2) is 5.33. The molecule has 0 bridgehead atoms. The van der Waals surface area contributed by atoms with Crippen molar-refractivity contribution in [3.05, 3.63) is 17.8 Å². The van der Waals surface area contributed by atoms with E-state index in [4.69, 9.17) is 4.74 Å². The van der Waals surface area contributed by atoms with Gasteiger partial charge in [0.2, 0.25) is 11.8 Å². The fourth-order valence-corrected chi connectivity index (χ4v) is 2.01. The average Bonchev–Trinajstić information content (AvgIpc) is 2.79. The van der Waals surface area contributed by atoms with Gasteiger partial charge in [0.15, 0.2) is 0 Å². The van der Waals surface area contributed by atoms with E-state index in [1.54, 1.807) is 0 Å². The van der Waals surface area contributed by atoms with Gasteiger partial charge in [-0.25, -0.2) is 0 Å². The van der Waals surface area contributed by atoms with Crippen molar-refractivity contribution >= 4 is 5.91 Å². The fraction of sp³-hybridized carbons (Fsp3) is 0.615. The van der Waals surface area contributed by atoms with Crippen molar-refractivity contribution in [2.45, 2.75) is 33.3 Å². The Morgan fingerprint density at radius 2 is 2.22 bits per heavy atom. The van der Waals surface area contributed by atoms with Gasteiger partial charge in [-0.15, -0.1) is 5.10 Å². The Balaban J connectivity index is 1.90. The smallest absolute Gasteiger partial charge is 0.233 e. The maximum absolute atomic E-state index is 11.8. The number of hydrogen-bond donors (Lipinski definition) is 0. The molecule has 0 saturated carbocycles. The lowest BCUT2D eigenvalue weighted by molar-refractivity contribution is -0.133. The number of carbonyl (C=O) groups excluding carboxylic acids is 1. The minimum absolute atomic E-state index is 0.0321. The molecule has 1 atom stereocenters. The lowest BCUT2D eigenvalue weighted by Crippen LogP contribution is -2.33. The van der Waals surface area contributed by atoms with Crippen LogP contribution in [0.1, 0.15) is 26.0 Å². The van der Waals surface area contributed by atoms with Crippen molar-refractivity contribution < 1.29 is 9.53 Å². The van der Waals surface area contributed by atoms with Crippen LogP contribution in [0, 0.1) is 12.8 Å². The summed E-state index contributed by atoms with van der Waals surface area (Å²) in [4.78, 5) is 13.7. The van der Waals surface area contributed by atoms with Gasteiger partial charge >= 0.3 is 0 Å². The number of carbonyl (C=O) groups is 1. The van der Waals surface area contributed by atoms with Crippen LogP contribution in [-0.2, 0) is 4.79 Å². The van der Waals surface area contributed by atoms with Gasteiger partial charge in [-0.1, -0.05) is 13.8 Å². The molecule has 1 saturated heterocycles. The summed E-state index contributed by atoms with van der Waals surface area (Å²) in [5.41, 5.74) is 0.866. The fourth-order valence-electron chi connectivity index (χ4n) is 2.01. The Labute approximate surface area is 107 Å². The van der Waals surface area contributed by atoms with E-state index in [-0.39, 0.29) is 17.9 Å². The molecular formula is C13H19N3O2. The number of aryl methyl sites for hydroxylation is 1. The van der Waals surface area contributed by atoms with Crippen molar-refractivity contribution in [1.82, 2.24) is 15.1 Å². The zero-order chi connectivity index (χ0) is 13.1. The Kier molecular flexibility index (Phi) is 3.79. The highest BCUT2D eigenvalue weighted by molar-refractivity contribution is 5.78. The van der Waals surface area contributed by atoms with Gasteiger partial charge in [0.25, 0.3) is 0 Å². The molecule has 18 heavy (non-hydrogen) atoms. The van der Waals surface area contributed by atoms with Crippen LogP contribution >= 0.6 is 0 Å². The lowest BCUT2D eigenvalue weighted by Gasteiger charge is -2.18. The molecule has 0 spiro atoms. The molecule has 0 aromatic carbocycles. The number of aromatic nitrogens is 2. The summed E-state index contributed by atoms with van der Waals surface area (Å²) in [5, 5.41) is 7.92. The van der Waals surface area contributed by atoms with E-state index in [0.29, 0.717) is 12.4 Å². The van der Waals surface area contributed by atoms with Crippen LogP contribution in [0.5, 0.6) is 5.88 Å². The molecule has 1 fully saturated rings. The molecule has 1 amide bonds. The van der Waals surface area contributed by atoms with Gasteiger partial charge in [0.1, 0.15) is 6.10 Å². The van der Waals surface area contributed by atoms with E-state index >= 15 is 0 Å². The van der Waals surface area contributed by atoms with Gasteiger partial charge < -0.3 is 9.64 Å². The van der Waals surface area contributed by atoms with Crippen molar-refractivity contribution in [3.63, 3.8) is 0 Å². The van der Waals surface area contributed by atoms with Gasteiger partial charge in [-0.2, -0.15) is 5.10 Å². The molecule has 1 aliphatic heterocycles. The van der Waals surface area contributed by atoms with Gasteiger partial charge in [-0.3, -0.25) is 4.79 Å². The first-order valence-electron chi connectivity index (χ1n) is 6.32. The lowest BCUT2D eigenvalue weighted by atomic mass is 10.2. The van der Waals surface area contributed by atoms with Crippen molar-refractivity contribution in [3.8, 4) is 5.88 Å². The summed E-state index contributed by atoms with van der Waals surface area (Å²) in [6.07, 6.45) is 0.887. The number of rotatable bonds is 3. The summed E-state index contributed by atoms with van der Waals surface area (Å²) in [7, 11) is 0. The maximum atomic E-state index is 11.8. The highest BCUT2D eigenvalue weighted by atomic mass is 16.5. The molecule has 0 aliphatic carbocycles. The number of amides is 1. The van der Waals surface area contributed by atoms with Crippen LogP contribution in [-0.4, -0.2) is 40.2 Å². The van der Waals surface area contributed by atoms with Crippen molar-refractivity contribution in [2.24, 2.45) is 5.92 Å². The maximum Gasteiger partial charge on any atom is 0.233 e. The number of hydrogen-bond acceptors (Lipinski definition) is 4. The summed E-state index contributed by atoms with van der Waals surface area (Å²) < 4.78 is 5.72. The molecule has 2 heterocycles. The Bertz CT molecular complexity index is 417. The molecule has 0 N–H and O–H groups in total. The molecule has 2 rings (SSSR count). The van der Waals surface area contributed by atoms with E-state index in [1.165, 1.54) is 0 Å². The highest BCUT2D eigenvalue weighted by Gasteiger charge is 2.28. The van der Waals surface area contributed by atoms with Gasteiger partial charge in [-0.05, 0) is 13.0 Å². The van der Waals surface area contributed by atoms with E-state index < -0.39 is 0 Å². The van der Waals surface area contributed by atoms with E-state index in [1.807, 2.05) is 37.8 Å². The van der Waals surface area contributed by atoms with E-state index in [2.05, 4.69) is 10.2 Å². The topological polar surface area (TPSA) is 55.3 Å². The van der Waals surface area contributed by atoms with Gasteiger partial charge in [0.05, 0.1) is 12.2 Å². The van der Waals surface area contributed by atoms with Crippen molar-refractivity contribution in [1.29, 1.82) is 0 Å². The molecule has 5 heteroatoms. The quantitative estimate of drug-likeness (QED) is 0.813. The third kappa shape index (κ3) is 2.97. The third-order valence-corrected chi connectivity index (χ3v) is 3.01. The average molecular weight is 249 g/mol. The standard InChI is InChI=1S/C13H19N3O2/c1-9(2)13(17)16-7-6-11(8-16)18-12-5-4-10(3)14-15-12/h4-5,9,11H,6-8H2,1-3H3. The minimum Gasteiger partial charge on any atom is -0.471 e. The van der Waals surface area contributed by atoms with Crippen LogP contribution in [0.2, 0.25) is 0 Å². The van der Waals surface area contributed by atoms with Crippen LogP contribution < -0.4 is 4.74 Å². The zero-order valence-electron chi connectivity index (χ0n) is 11.1. The molecule has 1 aromatic heterocycles. The SMILES string of the molecule is Cc1ccc(OC2CCN(C(=O)C(C)C)C2)nn1. The molecule has 1 aromatic rings. The Hall–Kier alpha value is -1.65. The van der Waals surface area contributed by atoms with E-state index in [0.717, 1.165) is 18.7 Å². The summed E-state index contributed by atoms with van der Waals surface area (Å²) >= 11 is 0. The molecule has 0 radical (unpaired) electrons. The predicted molar refractivity (Wildman–Crippen MR) is 67.2 cm³/mol. The highest BCUT2D eigenvalue weighted by Crippen LogP contribution is 2.17. The molecule has 1 unspecified atom stereocenters.